The molecule has 1 aromatic carbocycles. The van der Waals surface area contributed by atoms with Crippen molar-refractivity contribution < 1.29 is 29.6 Å². The molecule has 0 saturated carbocycles. The molecule has 0 unspecified atom stereocenters. The largest absolute Gasteiger partial charge is 0.507 e. The fourth-order valence-electron chi connectivity index (χ4n) is 4.68. The molecule has 4 bridgehead atoms. The van der Waals surface area contributed by atoms with Gasteiger partial charge in [-0.1, -0.05) is 24.3 Å². The summed E-state index contributed by atoms with van der Waals surface area (Å²) in [5, 5.41) is 31.4. The van der Waals surface area contributed by atoms with Crippen LogP contribution in [0.3, 0.4) is 0 Å². The highest BCUT2D eigenvalue weighted by Crippen LogP contribution is 2.50. The van der Waals surface area contributed by atoms with Gasteiger partial charge in [0.05, 0.1) is 22.6 Å². The first-order valence-corrected chi connectivity index (χ1v) is 11.1. The molecule has 1 aromatic rings. The number of ketones is 2. The second-order valence-electron chi connectivity index (χ2n) is 9.46. The summed E-state index contributed by atoms with van der Waals surface area (Å²) in [5.74, 6) is -1.89. The second kappa shape index (κ2) is 7.58. The quantitative estimate of drug-likeness (QED) is 0.398. The standard InChI is InChI=1S/C25H27ClO6/c1-12-5-6-17(27)13(2)9-14-18(28)10-15-20(21(14)29)22(30)16-11-19(26)24(3,4)32-25(16,8-7-12)23(15)31/h7,10-11,17,19,27-29H,2,5-6,8-9H2,1,3-4H3/b12-7-/t17-,19-,25-/m1/s1. The van der Waals surface area contributed by atoms with Crippen LogP contribution in [0.5, 0.6) is 11.5 Å². The summed E-state index contributed by atoms with van der Waals surface area (Å²) in [7, 11) is 0. The molecule has 0 aromatic heterocycles. The lowest BCUT2D eigenvalue weighted by Crippen LogP contribution is -2.58. The number of rotatable bonds is 0. The first-order valence-electron chi connectivity index (χ1n) is 10.6. The average Bonchev–Trinajstić information content (AvgIpc) is 2.72. The van der Waals surface area contributed by atoms with Gasteiger partial charge in [0.15, 0.2) is 11.4 Å². The van der Waals surface area contributed by atoms with Crippen LogP contribution in [0.1, 0.15) is 66.3 Å². The number of phenols is 2. The van der Waals surface area contributed by atoms with Crippen LogP contribution < -0.4 is 0 Å². The summed E-state index contributed by atoms with van der Waals surface area (Å²) in [6.07, 6.45) is 3.52. The molecule has 5 aliphatic rings. The Labute approximate surface area is 191 Å². The average molecular weight is 459 g/mol. The number of aliphatic hydroxyl groups is 1. The molecule has 0 fully saturated rings. The van der Waals surface area contributed by atoms with Crippen molar-refractivity contribution in [3.05, 3.63) is 58.2 Å². The molecule has 3 N–H and O–H groups in total. The van der Waals surface area contributed by atoms with E-state index in [4.69, 9.17) is 16.3 Å². The van der Waals surface area contributed by atoms with Crippen LogP contribution in [-0.4, -0.2) is 49.6 Å². The lowest BCUT2D eigenvalue weighted by atomic mass is 9.69. The van der Waals surface area contributed by atoms with E-state index in [9.17, 15) is 24.9 Å². The van der Waals surface area contributed by atoms with Gasteiger partial charge in [-0.2, -0.15) is 0 Å². The van der Waals surface area contributed by atoms with Crippen LogP contribution in [0.15, 0.2) is 41.5 Å². The van der Waals surface area contributed by atoms with Crippen LogP contribution in [0.4, 0.5) is 0 Å². The maximum Gasteiger partial charge on any atom is 0.200 e. The highest BCUT2D eigenvalue weighted by Gasteiger charge is 2.57. The number of halogens is 1. The van der Waals surface area contributed by atoms with Crippen molar-refractivity contribution in [1.82, 2.24) is 0 Å². The van der Waals surface area contributed by atoms with E-state index in [1.54, 1.807) is 19.9 Å². The van der Waals surface area contributed by atoms with E-state index in [0.717, 1.165) is 5.57 Å². The molecule has 6 nitrogen and oxygen atoms in total. The van der Waals surface area contributed by atoms with Gasteiger partial charge < -0.3 is 20.1 Å². The molecule has 1 heterocycles. The third kappa shape index (κ3) is 3.33. The zero-order chi connectivity index (χ0) is 23.6. The van der Waals surface area contributed by atoms with Crippen LogP contribution >= 0.6 is 11.6 Å². The summed E-state index contributed by atoms with van der Waals surface area (Å²) < 4.78 is 6.29. The van der Waals surface area contributed by atoms with Crippen LogP contribution in [0, 0.1) is 0 Å². The molecule has 1 aliphatic heterocycles. The number of aliphatic hydroxyl groups excluding tert-OH is 1. The molecule has 0 radical (unpaired) electrons. The number of alkyl halides is 1. The Morgan fingerprint density at radius 2 is 1.94 bits per heavy atom. The molecule has 0 amide bonds. The van der Waals surface area contributed by atoms with E-state index in [2.05, 4.69) is 6.58 Å². The Kier molecular flexibility index (Phi) is 5.39. The van der Waals surface area contributed by atoms with E-state index in [1.807, 2.05) is 13.0 Å². The van der Waals surface area contributed by atoms with Crippen molar-refractivity contribution in [3.8, 4) is 11.5 Å². The van der Waals surface area contributed by atoms with E-state index in [-0.39, 0.29) is 40.9 Å². The van der Waals surface area contributed by atoms with Gasteiger partial charge in [-0.3, -0.25) is 9.59 Å². The zero-order valence-corrected chi connectivity index (χ0v) is 19.1. The number of phenolic OH excluding ortho intramolecular Hbond substituents is 2. The predicted octanol–water partition coefficient (Wildman–Crippen LogP) is 4.15. The number of aromatic hydroxyl groups is 2. The normalized spacial score (nSPS) is 31.6. The van der Waals surface area contributed by atoms with Gasteiger partial charge in [-0.25, -0.2) is 0 Å². The number of carbonyl (C=O) groups is 2. The Morgan fingerprint density at radius 1 is 1.25 bits per heavy atom. The van der Waals surface area contributed by atoms with Crippen LogP contribution in [0.2, 0.25) is 0 Å². The lowest BCUT2D eigenvalue weighted by molar-refractivity contribution is -0.103. The van der Waals surface area contributed by atoms with E-state index in [0.29, 0.717) is 18.4 Å². The molecule has 7 heteroatoms. The molecule has 6 rings (SSSR count). The number of carbonyl (C=O) groups excluding carboxylic acids is 2. The van der Waals surface area contributed by atoms with Gasteiger partial charge in [0.25, 0.3) is 0 Å². The predicted molar refractivity (Wildman–Crippen MR) is 121 cm³/mol. The number of benzene rings is 1. The Hall–Kier alpha value is -2.41. The molecule has 4 aliphatic carbocycles. The summed E-state index contributed by atoms with van der Waals surface area (Å²) in [5.41, 5.74) is -1.36. The Morgan fingerprint density at radius 3 is 2.62 bits per heavy atom. The molecule has 170 valence electrons. The van der Waals surface area contributed by atoms with Crippen molar-refractivity contribution in [2.45, 2.75) is 69.1 Å². The molecular weight excluding hydrogens is 432 g/mol. The number of fused-ring (bicyclic) bond motifs is 1. The number of ether oxygens (including phenoxy) is 1. The highest BCUT2D eigenvalue weighted by atomic mass is 35.5. The highest BCUT2D eigenvalue weighted by molar-refractivity contribution is 6.30. The third-order valence-electron chi connectivity index (χ3n) is 6.74. The first kappa shape index (κ1) is 22.8. The monoisotopic (exact) mass is 458 g/mol. The molecule has 32 heavy (non-hydrogen) atoms. The summed E-state index contributed by atoms with van der Waals surface area (Å²) in [4.78, 5) is 27.5. The fourth-order valence-corrected chi connectivity index (χ4v) is 4.85. The van der Waals surface area contributed by atoms with E-state index < -0.39 is 40.0 Å². The summed E-state index contributed by atoms with van der Waals surface area (Å²) >= 11 is 6.49. The van der Waals surface area contributed by atoms with Gasteiger partial charge in [0, 0.05) is 29.5 Å². The summed E-state index contributed by atoms with van der Waals surface area (Å²) in [6.45, 7) is 9.29. The lowest BCUT2D eigenvalue weighted by Gasteiger charge is -2.48. The SMILES string of the molecule is C=C1Cc2c(O)cc3c(c2O)C(=O)C2=C[C@@H](Cl)C(C)(C)O[C@@]2(C/C=C(/C)CC[C@H]1O)C3=O. The Balaban J connectivity index is 2.04. The van der Waals surface area contributed by atoms with E-state index in [1.165, 1.54) is 6.07 Å². The Bertz CT molecular complexity index is 1110. The molecular formula is C25H27ClO6. The maximum absolute atomic E-state index is 13.8. The minimum Gasteiger partial charge on any atom is -0.507 e. The number of hydrogen-bond donors (Lipinski definition) is 3. The zero-order valence-electron chi connectivity index (χ0n) is 18.4. The van der Waals surface area contributed by atoms with Crippen molar-refractivity contribution in [1.29, 1.82) is 0 Å². The topological polar surface area (TPSA) is 104 Å². The van der Waals surface area contributed by atoms with Crippen LogP contribution in [0.25, 0.3) is 0 Å². The van der Waals surface area contributed by atoms with Crippen LogP contribution in [-0.2, 0) is 11.2 Å². The van der Waals surface area contributed by atoms with Gasteiger partial charge in [0.2, 0.25) is 5.78 Å². The van der Waals surface area contributed by atoms with Gasteiger partial charge in [-0.15, -0.1) is 11.6 Å². The molecule has 3 atom stereocenters. The smallest absolute Gasteiger partial charge is 0.200 e. The van der Waals surface area contributed by atoms with Gasteiger partial charge in [0.1, 0.15) is 11.5 Å². The number of allylic oxidation sites excluding steroid dienone is 1. The summed E-state index contributed by atoms with van der Waals surface area (Å²) in [6, 6.07) is 1.20. The van der Waals surface area contributed by atoms with E-state index >= 15 is 0 Å². The molecule has 0 saturated heterocycles. The second-order valence-corrected chi connectivity index (χ2v) is 9.93. The minimum atomic E-state index is -1.62. The van der Waals surface area contributed by atoms with Crippen molar-refractivity contribution in [3.63, 3.8) is 0 Å². The molecule has 1 spiro atoms. The fraction of sp³-hybridized carbons (Fsp3) is 0.440. The maximum atomic E-state index is 13.8. The first-order chi connectivity index (χ1) is 14.9. The number of hydrogen-bond acceptors (Lipinski definition) is 6. The van der Waals surface area contributed by atoms with Crippen molar-refractivity contribution in [2.24, 2.45) is 0 Å². The van der Waals surface area contributed by atoms with Gasteiger partial charge in [-0.05, 0) is 45.3 Å². The van der Waals surface area contributed by atoms with Gasteiger partial charge >= 0.3 is 0 Å². The number of Topliss-reactive ketones (excluding diaryl/α,β-unsaturated/α-hetero) is 2. The van der Waals surface area contributed by atoms with Crippen molar-refractivity contribution in [2.75, 3.05) is 0 Å². The van der Waals surface area contributed by atoms with Crippen molar-refractivity contribution >= 4 is 23.2 Å². The minimum absolute atomic E-state index is 0.0395. The third-order valence-corrected chi connectivity index (χ3v) is 7.39.